The van der Waals surface area contributed by atoms with E-state index in [1.807, 2.05) is 0 Å². The Hall–Kier alpha value is -0.326. The van der Waals surface area contributed by atoms with E-state index in [4.69, 9.17) is 0 Å². The third kappa shape index (κ3) is 1.55. The molecular weight excluding hydrogens is 252 g/mol. The summed E-state index contributed by atoms with van der Waals surface area (Å²) in [7, 11) is 0. The normalized spacial score (nSPS) is 22.6. The average molecular weight is 275 g/mol. The summed E-state index contributed by atoms with van der Waals surface area (Å²) in [5.74, 6) is 0. The van der Waals surface area contributed by atoms with Crippen molar-refractivity contribution in [2.75, 3.05) is 0 Å². The van der Waals surface area contributed by atoms with Crippen LogP contribution in [0.3, 0.4) is 0 Å². The molecule has 0 aromatic heterocycles. The Bertz CT molecular complexity index is 564. The van der Waals surface area contributed by atoms with Crippen LogP contribution in [0.15, 0.2) is 5.57 Å². The summed E-state index contributed by atoms with van der Waals surface area (Å²) < 4.78 is 1.19. The van der Waals surface area contributed by atoms with Gasteiger partial charge in [0, 0.05) is 0 Å². The molecule has 1 atom stereocenters. The van der Waals surface area contributed by atoms with Crippen molar-refractivity contribution >= 4 is 5.57 Å². The molecule has 18 heavy (non-hydrogen) atoms. The number of benzene rings is 1. The fourth-order valence-electron chi connectivity index (χ4n) is 3.48. The van der Waals surface area contributed by atoms with Crippen molar-refractivity contribution in [1.82, 2.24) is 0 Å². The molecule has 1 aromatic carbocycles. The van der Waals surface area contributed by atoms with E-state index in [0.717, 1.165) is 0 Å². The predicted octanol–water partition coefficient (Wildman–Crippen LogP) is 4.95. The fourth-order valence-corrected chi connectivity index (χ4v) is 4.17. The number of allylic oxidation sites excluding steroid dienone is 2. The van der Waals surface area contributed by atoms with Crippen LogP contribution in [0.1, 0.15) is 54.2 Å². The zero-order valence-electron chi connectivity index (χ0n) is 12.7. The molecule has 0 heterocycles. The molecule has 1 unspecified atom stereocenters. The summed E-state index contributed by atoms with van der Waals surface area (Å²) in [6, 6.07) is 0. The van der Waals surface area contributed by atoms with Gasteiger partial charge in [-0.15, -0.1) is 0 Å². The van der Waals surface area contributed by atoms with Crippen LogP contribution in [0.25, 0.3) is 5.57 Å². The van der Waals surface area contributed by atoms with Crippen molar-refractivity contribution in [3.05, 3.63) is 39.0 Å². The summed E-state index contributed by atoms with van der Waals surface area (Å²) in [5, 5.41) is 0. The summed E-state index contributed by atoms with van der Waals surface area (Å²) in [6.07, 6.45) is 0. The molecule has 1 heteroatoms. The van der Waals surface area contributed by atoms with E-state index in [-0.39, 0.29) is 5.41 Å². The van der Waals surface area contributed by atoms with Gasteiger partial charge in [0.2, 0.25) is 0 Å². The van der Waals surface area contributed by atoms with Crippen LogP contribution in [0, 0.1) is 27.7 Å². The monoisotopic (exact) mass is 275 g/mol. The second-order valence-electron chi connectivity index (χ2n) is 6.01. The maximum atomic E-state index is 2.42. The minimum atomic E-state index is 0.243. The molecule has 0 amide bonds. The molecule has 0 N–H and O–H groups in total. The number of hydrogen-bond acceptors (Lipinski definition) is 0. The third-order valence-corrected chi connectivity index (χ3v) is 6.46. The SMILES string of the molecule is CC1=C(C)C(C)([CH2][Ti])c2c(C)c(C)c(C)c(C)c21. The second kappa shape index (κ2) is 4.35. The molecule has 0 radical (unpaired) electrons. The summed E-state index contributed by atoms with van der Waals surface area (Å²) in [6.45, 7) is 16.2. The molecule has 0 saturated carbocycles. The summed E-state index contributed by atoms with van der Waals surface area (Å²) in [4.78, 5) is 0. The van der Waals surface area contributed by atoms with Gasteiger partial charge in [0.25, 0.3) is 0 Å². The molecule has 95 valence electrons. The Morgan fingerprint density at radius 2 is 1.33 bits per heavy atom. The molecule has 0 spiro atoms. The molecule has 0 bridgehead atoms. The topological polar surface area (TPSA) is 0 Å². The van der Waals surface area contributed by atoms with Crippen LogP contribution in [0.4, 0.5) is 0 Å². The van der Waals surface area contributed by atoms with Crippen LogP contribution in [0.5, 0.6) is 0 Å². The molecule has 0 saturated heterocycles. The standard InChI is InChI=1S/C17H23.Ti/c1-9-10(2)12(4)16-15(11(9)3)13(5)14(6)17(16,7)8;/h7H2,1-6,8H3;. The van der Waals surface area contributed by atoms with Gasteiger partial charge in [-0.2, -0.15) is 0 Å². The van der Waals surface area contributed by atoms with Gasteiger partial charge < -0.3 is 0 Å². The predicted molar refractivity (Wildman–Crippen MR) is 75.8 cm³/mol. The molecule has 0 fully saturated rings. The van der Waals surface area contributed by atoms with Gasteiger partial charge in [0.1, 0.15) is 0 Å². The van der Waals surface area contributed by atoms with Crippen molar-refractivity contribution in [3.63, 3.8) is 0 Å². The van der Waals surface area contributed by atoms with E-state index in [1.165, 1.54) is 38.1 Å². The van der Waals surface area contributed by atoms with Gasteiger partial charge in [-0.1, -0.05) is 0 Å². The van der Waals surface area contributed by atoms with Gasteiger partial charge in [-0.3, -0.25) is 0 Å². The molecule has 1 aromatic rings. The first kappa shape index (κ1) is 14.1. The Balaban J connectivity index is 2.95. The van der Waals surface area contributed by atoms with Crippen molar-refractivity contribution in [1.29, 1.82) is 0 Å². The second-order valence-corrected chi connectivity index (χ2v) is 6.56. The number of fused-ring (bicyclic) bond motifs is 1. The van der Waals surface area contributed by atoms with Crippen LogP contribution in [-0.4, -0.2) is 0 Å². The van der Waals surface area contributed by atoms with Crippen LogP contribution < -0.4 is 0 Å². The van der Waals surface area contributed by atoms with Gasteiger partial charge >= 0.3 is 124 Å². The van der Waals surface area contributed by atoms with Crippen LogP contribution in [-0.2, 0) is 25.9 Å². The third-order valence-electron chi connectivity index (χ3n) is 5.36. The molecular formula is C17H23Ti. The van der Waals surface area contributed by atoms with Crippen molar-refractivity contribution in [2.45, 2.75) is 58.6 Å². The van der Waals surface area contributed by atoms with Crippen LogP contribution >= 0.6 is 0 Å². The Morgan fingerprint density at radius 3 is 1.83 bits per heavy atom. The van der Waals surface area contributed by atoms with E-state index in [2.05, 4.69) is 68.9 Å². The van der Waals surface area contributed by atoms with E-state index >= 15 is 0 Å². The first-order valence-corrected chi connectivity index (χ1v) is 7.81. The fraction of sp³-hybridized carbons (Fsp3) is 0.529. The Labute approximate surface area is 123 Å². The van der Waals surface area contributed by atoms with E-state index in [9.17, 15) is 0 Å². The zero-order valence-corrected chi connectivity index (χ0v) is 14.3. The summed E-state index contributed by atoms with van der Waals surface area (Å²) >= 11 is 2.32. The van der Waals surface area contributed by atoms with Crippen molar-refractivity contribution < 1.29 is 20.4 Å². The summed E-state index contributed by atoms with van der Waals surface area (Å²) in [5.41, 5.74) is 12.4. The molecule has 1 aliphatic rings. The quantitative estimate of drug-likeness (QED) is 0.636. The van der Waals surface area contributed by atoms with Gasteiger partial charge in [0.15, 0.2) is 0 Å². The van der Waals surface area contributed by atoms with Gasteiger partial charge in [-0.05, 0) is 0 Å². The van der Waals surface area contributed by atoms with Crippen molar-refractivity contribution in [2.24, 2.45) is 0 Å². The first-order chi connectivity index (χ1) is 8.27. The van der Waals surface area contributed by atoms with E-state index < -0.39 is 0 Å². The van der Waals surface area contributed by atoms with Gasteiger partial charge in [0.05, 0.1) is 0 Å². The zero-order chi connectivity index (χ0) is 13.8. The van der Waals surface area contributed by atoms with Gasteiger partial charge in [-0.25, -0.2) is 0 Å². The van der Waals surface area contributed by atoms with Crippen LogP contribution in [0.2, 0.25) is 4.73 Å². The first-order valence-electron chi connectivity index (χ1n) is 6.71. The Kier molecular flexibility index (Phi) is 3.41. The average Bonchev–Trinajstić information content (AvgIpc) is 2.56. The molecule has 0 aliphatic heterocycles. The number of rotatable bonds is 1. The van der Waals surface area contributed by atoms with Crippen molar-refractivity contribution in [3.8, 4) is 0 Å². The minimum absolute atomic E-state index is 0.243. The maximum absolute atomic E-state index is 2.42. The van der Waals surface area contributed by atoms with E-state index in [1.54, 1.807) is 11.1 Å². The Morgan fingerprint density at radius 1 is 0.833 bits per heavy atom. The molecule has 2 rings (SSSR count). The molecule has 0 nitrogen and oxygen atoms in total. The van der Waals surface area contributed by atoms with E-state index in [0.29, 0.717) is 0 Å². The molecule has 1 aliphatic carbocycles. The number of hydrogen-bond donors (Lipinski definition) is 0.